The molecule has 0 aliphatic carbocycles. The van der Waals surface area contributed by atoms with Gasteiger partial charge in [-0.1, -0.05) is 60.7 Å². The van der Waals surface area contributed by atoms with Crippen LogP contribution in [-0.4, -0.2) is 5.11 Å². The maximum absolute atomic E-state index is 10.5. The topological polar surface area (TPSA) is 75.6 Å². The van der Waals surface area contributed by atoms with Gasteiger partial charge >= 0.3 is 0 Å². The molecule has 2 unspecified atom stereocenters. The van der Waals surface area contributed by atoms with Crippen molar-refractivity contribution in [1.29, 1.82) is 5.26 Å². The van der Waals surface area contributed by atoms with Gasteiger partial charge in [0.2, 0.25) is 0 Å². The highest BCUT2D eigenvalue weighted by Gasteiger charge is 2.20. The highest BCUT2D eigenvalue weighted by Crippen LogP contribution is 2.30. The van der Waals surface area contributed by atoms with Crippen molar-refractivity contribution in [3.63, 3.8) is 0 Å². The Balaban J connectivity index is 1.43. The molecule has 1 heterocycles. The molecule has 31 heavy (non-hydrogen) atoms. The third-order valence-corrected chi connectivity index (χ3v) is 4.70. The fraction of sp³-hybridized carbons (Fsp3) is 0.115. The highest BCUT2D eigenvalue weighted by atomic mass is 16.6. The molecule has 0 saturated heterocycles. The predicted molar refractivity (Wildman–Crippen MR) is 115 cm³/mol. The van der Waals surface area contributed by atoms with Crippen LogP contribution in [-0.2, 0) is 11.2 Å². The summed E-state index contributed by atoms with van der Waals surface area (Å²) in [5.41, 5.74) is 2.15. The van der Waals surface area contributed by atoms with E-state index in [1.54, 1.807) is 30.3 Å². The Labute approximate surface area is 180 Å². The van der Waals surface area contributed by atoms with Gasteiger partial charge in [0, 0.05) is 12.0 Å². The molecule has 5 nitrogen and oxygen atoms in total. The van der Waals surface area contributed by atoms with Crippen LogP contribution < -0.4 is 4.74 Å². The van der Waals surface area contributed by atoms with Gasteiger partial charge in [0.25, 0.3) is 0 Å². The van der Waals surface area contributed by atoms with Crippen LogP contribution in [0.1, 0.15) is 34.8 Å². The first-order valence-corrected chi connectivity index (χ1v) is 9.88. The van der Waals surface area contributed by atoms with E-state index >= 15 is 0 Å². The average Bonchev–Trinajstić information content (AvgIpc) is 3.27. The molecular weight excluding hydrogens is 390 g/mol. The fourth-order valence-corrected chi connectivity index (χ4v) is 3.17. The molecule has 4 rings (SSSR count). The normalized spacial score (nSPS) is 12.6. The van der Waals surface area contributed by atoms with E-state index in [2.05, 4.69) is 6.07 Å². The van der Waals surface area contributed by atoms with E-state index in [-0.39, 0.29) is 0 Å². The Bertz CT molecular complexity index is 1150. The van der Waals surface area contributed by atoms with Gasteiger partial charge in [-0.2, -0.15) is 5.26 Å². The smallest absolute Gasteiger partial charge is 0.186 e. The first-order chi connectivity index (χ1) is 15.2. The maximum Gasteiger partial charge on any atom is 0.186 e. The SMILES string of the molecule is N#CC(OC(O)c1coc(Cc2ccccc2)c1)c1cccc(Oc2ccccc2)c1. The van der Waals surface area contributed by atoms with Crippen molar-refractivity contribution >= 4 is 0 Å². The standard InChI is InChI=1S/C26H21NO4/c27-17-25(20-10-7-13-23(15-20)30-22-11-5-2-6-12-22)31-26(28)21-16-24(29-18-21)14-19-8-3-1-4-9-19/h1-13,15-16,18,25-26,28H,14H2. The zero-order chi connectivity index (χ0) is 21.5. The lowest BCUT2D eigenvalue weighted by Gasteiger charge is -2.16. The molecule has 2 atom stereocenters. The minimum atomic E-state index is -1.29. The summed E-state index contributed by atoms with van der Waals surface area (Å²) >= 11 is 0. The van der Waals surface area contributed by atoms with E-state index in [1.165, 1.54) is 6.26 Å². The van der Waals surface area contributed by atoms with Gasteiger partial charge in [0.05, 0.1) is 12.3 Å². The molecule has 0 aliphatic rings. The lowest BCUT2D eigenvalue weighted by Crippen LogP contribution is -2.08. The Hall–Kier alpha value is -3.85. The Kier molecular flexibility index (Phi) is 6.44. The largest absolute Gasteiger partial charge is 0.469 e. The molecule has 5 heteroatoms. The van der Waals surface area contributed by atoms with E-state index in [0.717, 1.165) is 5.56 Å². The molecule has 3 aromatic carbocycles. The molecule has 0 bridgehead atoms. The Morgan fingerprint density at radius 3 is 2.29 bits per heavy atom. The number of hydrogen-bond acceptors (Lipinski definition) is 5. The quantitative estimate of drug-likeness (QED) is 0.363. The number of benzene rings is 3. The van der Waals surface area contributed by atoms with Crippen molar-refractivity contribution in [2.24, 2.45) is 0 Å². The summed E-state index contributed by atoms with van der Waals surface area (Å²) in [6.45, 7) is 0. The lowest BCUT2D eigenvalue weighted by atomic mass is 10.1. The van der Waals surface area contributed by atoms with E-state index in [1.807, 2.05) is 60.7 Å². The number of ether oxygens (including phenoxy) is 2. The summed E-state index contributed by atoms with van der Waals surface area (Å²) in [5, 5.41) is 20.1. The van der Waals surface area contributed by atoms with Gasteiger partial charge in [-0.25, -0.2) is 0 Å². The molecule has 1 N–H and O–H groups in total. The van der Waals surface area contributed by atoms with Gasteiger partial charge < -0.3 is 19.0 Å². The van der Waals surface area contributed by atoms with Crippen LogP contribution in [0.25, 0.3) is 0 Å². The number of nitriles is 1. The van der Waals surface area contributed by atoms with E-state index in [0.29, 0.717) is 34.8 Å². The number of aliphatic hydroxyl groups excluding tert-OH is 1. The summed E-state index contributed by atoms with van der Waals surface area (Å²) in [6, 6.07) is 30.2. The highest BCUT2D eigenvalue weighted by molar-refractivity contribution is 5.36. The molecule has 154 valence electrons. The van der Waals surface area contributed by atoms with E-state index in [9.17, 15) is 10.4 Å². The van der Waals surface area contributed by atoms with Crippen LogP contribution in [0.15, 0.2) is 102 Å². The third kappa shape index (κ3) is 5.40. The van der Waals surface area contributed by atoms with Crippen LogP contribution in [0.4, 0.5) is 0 Å². The summed E-state index contributed by atoms with van der Waals surface area (Å²) in [5.74, 6) is 1.98. The van der Waals surface area contributed by atoms with Gasteiger partial charge in [0.15, 0.2) is 12.4 Å². The molecule has 0 aliphatic heterocycles. The van der Waals surface area contributed by atoms with Crippen molar-refractivity contribution in [2.45, 2.75) is 18.8 Å². The zero-order valence-electron chi connectivity index (χ0n) is 16.7. The second-order valence-electron chi connectivity index (χ2n) is 6.99. The first-order valence-electron chi connectivity index (χ1n) is 9.88. The van der Waals surface area contributed by atoms with Crippen molar-refractivity contribution < 1.29 is 19.0 Å². The number of hydrogen-bond donors (Lipinski definition) is 1. The summed E-state index contributed by atoms with van der Waals surface area (Å²) < 4.78 is 17.0. The summed E-state index contributed by atoms with van der Waals surface area (Å²) in [6.07, 6.45) is -0.209. The zero-order valence-corrected chi connectivity index (χ0v) is 16.7. The minimum Gasteiger partial charge on any atom is -0.469 e. The van der Waals surface area contributed by atoms with Gasteiger partial charge in [-0.3, -0.25) is 0 Å². The van der Waals surface area contributed by atoms with Gasteiger partial charge in [-0.15, -0.1) is 0 Å². The molecule has 0 spiro atoms. The van der Waals surface area contributed by atoms with Crippen molar-refractivity contribution in [1.82, 2.24) is 0 Å². The van der Waals surface area contributed by atoms with Crippen LogP contribution in [0, 0.1) is 11.3 Å². The molecule has 4 aromatic rings. The number of aliphatic hydroxyl groups is 1. The summed E-state index contributed by atoms with van der Waals surface area (Å²) in [4.78, 5) is 0. The third-order valence-electron chi connectivity index (χ3n) is 4.70. The van der Waals surface area contributed by atoms with Crippen molar-refractivity contribution in [2.75, 3.05) is 0 Å². The number of rotatable bonds is 8. The molecule has 1 aromatic heterocycles. The van der Waals surface area contributed by atoms with Gasteiger partial charge in [0.1, 0.15) is 17.3 Å². The second kappa shape index (κ2) is 9.77. The minimum absolute atomic E-state index is 0.461. The summed E-state index contributed by atoms with van der Waals surface area (Å²) in [7, 11) is 0. The Morgan fingerprint density at radius 1 is 0.839 bits per heavy atom. The molecular formula is C26H21NO4. The maximum atomic E-state index is 10.5. The first kappa shape index (κ1) is 20.4. The Morgan fingerprint density at radius 2 is 1.55 bits per heavy atom. The van der Waals surface area contributed by atoms with Gasteiger partial charge in [-0.05, 0) is 41.5 Å². The van der Waals surface area contributed by atoms with Crippen LogP contribution in [0.2, 0.25) is 0 Å². The van der Waals surface area contributed by atoms with Crippen LogP contribution in [0.3, 0.4) is 0 Å². The van der Waals surface area contributed by atoms with E-state index in [4.69, 9.17) is 13.9 Å². The lowest BCUT2D eigenvalue weighted by molar-refractivity contribution is -0.125. The monoisotopic (exact) mass is 411 g/mol. The van der Waals surface area contributed by atoms with Crippen LogP contribution in [0.5, 0.6) is 11.5 Å². The average molecular weight is 411 g/mol. The number of para-hydroxylation sites is 1. The molecule has 0 fully saturated rings. The molecule has 0 amide bonds. The second-order valence-corrected chi connectivity index (χ2v) is 6.99. The van der Waals surface area contributed by atoms with E-state index < -0.39 is 12.4 Å². The number of furan rings is 1. The van der Waals surface area contributed by atoms with Crippen LogP contribution >= 0.6 is 0 Å². The fourth-order valence-electron chi connectivity index (χ4n) is 3.17. The molecule has 0 radical (unpaired) electrons. The van der Waals surface area contributed by atoms with Crippen molar-refractivity contribution in [3.8, 4) is 17.6 Å². The number of nitrogens with zero attached hydrogens (tertiary/aromatic N) is 1. The predicted octanol–water partition coefficient (Wildman–Crippen LogP) is 5.94. The van der Waals surface area contributed by atoms with Crippen molar-refractivity contribution in [3.05, 3.63) is 120 Å². The molecule has 0 saturated carbocycles.